The Labute approximate surface area is 465 Å². The first kappa shape index (κ1) is 64.8. The molecule has 4 aliphatic rings. The lowest BCUT2D eigenvalue weighted by atomic mass is 9.78. The number of thioether (sulfide) groups is 2. The van der Waals surface area contributed by atoms with E-state index in [0.29, 0.717) is 22.5 Å². The SMILES string of the molecule is CC(=O)OC[C@@H]1O[C@@H](SC(c2ncccc2C)C2(O)CCC(F)(F)CC2)[C@H](CC(=O)O)[C@@H](N=[N+]=[N-])[C@H]1CC(=O)O.CC(=O)OC[C@H]1O[C@@H](SC(c2ncccc2C)C2(O)CCC(F)(F)CC2)[C@H](OC(C)=O)[C@@H](N=[N+]=[N-])[C@H]1OC(C)=O. The Bertz CT molecular complexity index is 2460. The van der Waals surface area contributed by atoms with Gasteiger partial charge in [-0.05, 0) is 73.9 Å². The number of aryl methyl sites for hydroxylation is 2. The van der Waals surface area contributed by atoms with Crippen molar-refractivity contribution in [2.24, 2.45) is 22.1 Å². The first-order valence-corrected chi connectivity index (χ1v) is 27.2. The number of halogens is 4. The summed E-state index contributed by atoms with van der Waals surface area (Å²) in [6.07, 6.45) is -6.29. The number of carboxylic acid groups (broad SMARTS) is 2. The van der Waals surface area contributed by atoms with Crippen LogP contribution in [0.25, 0.3) is 20.9 Å². The van der Waals surface area contributed by atoms with Crippen LogP contribution >= 0.6 is 23.5 Å². The summed E-state index contributed by atoms with van der Waals surface area (Å²) in [7, 11) is 0. The van der Waals surface area contributed by atoms with Crippen LogP contribution in [0.2, 0.25) is 0 Å². The van der Waals surface area contributed by atoms with Crippen molar-refractivity contribution in [2.75, 3.05) is 13.2 Å². The summed E-state index contributed by atoms with van der Waals surface area (Å²) >= 11 is 1.92. The molecule has 2 saturated carbocycles. The van der Waals surface area contributed by atoms with E-state index in [1.54, 1.807) is 38.1 Å². The van der Waals surface area contributed by atoms with Gasteiger partial charge in [0.25, 0.3) is 0 Å². The molecular formula is C50H64F4N8O16S2. The molecule has 2 saturated heterocycles. The summed E-state index contributed by atoms with van der Waals surface area (Å²) in [6.45, 7) is 7.24. The van der Waals surface area contributed by atoms with Crippen molar-refractivity contribution in [2.45, 2.75) is 187 Å². The van der Waals surface area contributed by atoms with E-state index in [4.69, 9.17) is 28.4 Å². The number of carbonyl (C=O) groups is 6. The van der Waals surface area contributed by atoms with E-state index in [2.05, 4.69) is 30.0 Å². The molecule has 2 aromatic rings. The summed E-state index contributed by atoms with van der Waals surface area (Å²) < 4.78 is 89.8. The zero-order valence-electron chi connectivity index (χ0n) is 44.5. The maximum absolute atomic E-state index is 14.1. The number of nitrogens with zero attached hydrogens (tertiary/aromatic N) is 8. The largest absolute Gasteiger partial charge is 0.481 e. The Morgan fingerprint density at radius 1 is 0.637 bits per heavy atom. The van der Waals surface area contributed by atoms with Gasteiger partial charge in [0.1, 0.15) is 48.4 Å². The quantitative estimate of drug-likeness (QED) is 0.0242. The summed E-state index contributed by atoms with van der Waals surface area (Å²) in [5.41, 5.74) is 15.1. The van der Waals surface area contributed by atoms with Crippen molar-refractivity contribution in [3.05, 3.63) is 80.1 Å². The number of aliphatic hydroxyl groups is 2. The second-order valence-electron chi connectivity index (χ2n) is 20.1. The third-order valence-electron chi connectivity index (χ3n) is 14.1. The minimum absolute atomic E-state index is 0.245. The number of pyridine rings is 2. The number of hydrogen-bond acceptors (Lipinski definition) is 20. The number of rotatable bonds is 20. The second-order valence-corrected chi connectivity index (χ2v) is 22.5. The smallest absolute Gasteiger partial charge is 0.303 e. The molecule has 4 N–H and O–H groups in total. The van der Waals surface area contributed by atoms with Gasteiger partial charge < -0.3 is 48.8 Å². The predicted octanol–water partition coefficient (Wildman–Crippen LogP) is 8.19. The molecule has 0 aromatic carbocycles. The van der Waals surface area contributed by atoms with E-state index in [1.807, 2.05) is 0 Å². The van der Waals surface area contributed by atoms with E-state index in [-0.39, 0.29) is 25.7 Å². The number of esters is 4. The zero-order chi connectivity index (χ0) is 59.3. The Morgan fingerprint density at radius 3 is 1.45 bits per heavy atom. The van der Waals surface area contributed by atoms with E-state index < -0.39 is 180 Å². The molecule has 440 valence electrons. The van der Waals surface area contributed by atoms with Crippen molar-refractivity contribution in [3.63, 3.8) is 0 Å². The van der Waals surface area contributed by atoms with Crippen LogP contribution < -0.4 is 0 Å². The van der Waals surface area contributed by atoms with Crippen LogP contribution in [-0.2, 0) is 57.2 Å². The molecule has 4 heterocycles. The van der Waals surface area contributed by atoms with Crippen LogP contribution in [0.15, 0.2) is 46.9 Å². The molecule has 2 aliphatic heterocycles. The van der Waals surface area contributed by atoms with Gasteiger partial charge in [0.2, 0.25) is 11.8 Å². The van der Waals surface area contributed by atoms with Crippen LogP contribution in [0, 0.1) is 25.7 Å². The van der Waals surface area contributed by atoms with E-state index >= 15 is 0 Å². The molecule has 30 heteroatoms. The minimum atomic E-state index is -2.94. The molecule has 0 radical (unpaired) electrons. The van der Waals surface area contributed by atoms with Gasteiger partial charge >= 0.3 is 35.8 Å². The zero-order valence-corrected chi connectivity index (χ0v) is 46.1. The molecular weight excluding hydrogens is 1110 g/mol. The fourth-order valence-electron chi connectivity index (χ4n) is 10.2. The topological polar surface area (TPSA) is 362 Å². The molecule has 2 unspecified atom stereocenters. The Hall–Kier alpha value is -6.00. The lowest BCUT2D eigenvalue weighted by Gasteiger charge is -2.47. The molecule has 0 bridgehead atoms. The number of aromatic nitrogens is 2. The minimum Gasteiger partial charge on any atom is -0.481 e. The third kappa shape index (κ3) is 17.5. The highest BCUT2D eigenvalue weighted by Crippen LogP contribution is 2.55. The molecule has 12 atom stereocenters. The van der Waals surface area contributed by atoms with Crippen molar-refractivity contribution in [1.29, 1.82) is 0 Å². The van der Waals surface area contributed by atoms with Gasteiger partial charge in [0, 0.05) is 87.4 Å². The highest BCUT2D eigenvalue weighted by molar-refractivity contribution is 8.00. The van der Waals surface area contributed by atoms with Gasteiger partial charge in [0.15, 0.2) is 0 Å². The van der Waals surface area contributed by atoms with Gasteiger partial charge in [-0.15, -0.1) is 23.5 Å². The van der Waals surface area contributed by atoms with Crippen molar-refractivity contribution < 1.29 is 95.2 Å². The number of carboxylic acids is 2. The molecule has 4 fully saturated rings. The lowest BCUT2D eigenvalue weighted by Crippen LogP contribution is -2.60. The van der Waals surface area contributed by atoms with Crippen LogP contribution in [0.3, 0.4) is 0 Å². The van der Waals surface area contributed by atoms with E-state index in [0.717, 1.165) is 51.2 Å². The van der Waals surface area contributed by atoms with Crippen LogP contribution in [0.5, 0.6) is 0 Å². The average Bonchev–Trinajstić information content (AvgIpc) is 3.36. The highest BCUT2D eigenvalue weighted by atomic mass is 32.2. The Balaban J connectivity index is 0.000000294. The summed E-state index contributed by atoms with van der Waals surface area (Å²) in [5.74, 6) is -13.4. The monoisotopic (exact) mass is 1170 g/mol. The van der Waals surface area contributed by atoms with Crippen molar-refractivity contribution >= 4 is 59.3 Å². The lowest BCUT2D eigenvalue weighted by molar-refractivity contribution is -0.201. The molecule has 80 heavy (non-hydrogen) atoms. The number of azide groups is 2. The van der Waals surface area contributed by atoms with Gasteiger partial charge in [-0.1, -0.05) is 22.4 Å². The molecule has 24 nitrogen and oxygen atoms in total. The fraction of sp³-hybridized carbons (Fsp3) is 0.680. The highest BCUT2D eigenvalue weighted by Gasteiger charge is 2.56. The number of aliphatic carboxylic acids is 2. The summed E-state index contributed by atoms with van der Waals surface area (Å²) in [6, 6.07) is 4.34. The second kappa shape index (κ2) is 28.1. The molecule has 0 amide bonds. The fourth-order valence-corrected chi connectivity index (χ4v) is 13.7. The van der Waals surface area contributed by atoms with E-state index in [9.17, 15) is 77.8 Å². The van der Waals surface area contributed by atoms with Crippen molar-refractivity contribution in [3.8, 4) is 0 Å². The molecule has 6 rings (SSSR count). The van der Waals surface area contributed by atoms with Crippen molar-refractivity contribution in [1.82, 2.24) is 9.97 Å². The molecule has 2 aromatic heterocycles. The molecule has 2 aliphatic carbocycles. The predicted molar refractivity (Wildman–Crippen MR) is 274 cm³/mol. The van der Waals surface area contributed by atoms with Crippen LogP contribution in [-0.4, -0.2) is 150 Å². The Kier molecular flexibility index (Phi) is 22.8. The normalized spacial score (nSPS) is 28.0. The van der Waals surface area contributed by atoms with Gasteiger partial charge in [0.05, 0.1) is 58.1 Å². The van der Waals surface area contributed by atoms with Crippen LogP contribution in [0.4, 0.5) is 17.6 Å². The average molecular weight is 1170 g/mol. The number of carbonyl (C=O) groups excluding carboxylic acids is 4. The number of alkyl halides is 4. The first-order chi connectivity index (χ1) is 37.5. The van der Waals surface area contributed by atoms with Crippen LogP contribution in [0.1, 0.15) is 125 Å². The maximum Gasteiger partial charge on any atom is 0.303 e. The number of ether oxygens (including phenoxy) is 6. The summed E-state index contributed by atoms with van der Waals surface area (Å²) in [4.78, 5) is 85.3. The molecule has 0 spiro atoms. The summed E-state index contributed by atoms with van der Waals surface area (Å²) in [5, 5.41) is 48.3. The number of hydrogen-bond donors (Lipinski definition) is 4. The standard InChI is InChI=1S/2C25H32F2N4O8S/c1-13-6-5-11-29-18(13)22(24(35)7-9-25(26,27)10-8-24)40-23-21(38-16(4)34)19(30-31-28)20(37-15(3)33)17(39-23)12-36-14(2)32;1-13-4-3-9-29-20(13)22(24(37)5-7-25(26,27)8-6-24)40-23-16(11-19(35)36)21(30-31-28)15(10-18(33)34)17(39-23)12-38-14(2)32/h5-6,11,17,19-23,35H,7-10,12H2,1-4H3;3-4,9,15-17,21-23,37H,5-8,10-12H2,1-2H3,(H,33,34)(H,35,36)/t17-,19+,20+,21-,22?,23+;15-,16+,17-,21-,22?,23-/m10/s1. The first-order valence-electron chi connectivity index (χ1n) is 25.3. The van der Waals surface area contributed by atoms with Gasteiger partial charge in [-0.25, -0.2) is 17.6 Å². The maximum atomic E-state index is 14.1. The van der Waals surface area contributed by atoms with Gasteiger partial charge in [-0.3, -0.25) is 38.7 Å². The van der Waals surface area contributed by atoms with Gasteiger partial charge in [-0.2, -0.15) is 0 Å². The third-order valence-corrected chi connectivity index (χ3v) is 17.4. The Morgan fingerprint density at radius 2 is 1.04 bits per heavy atom. The van der Waals surface area contributed by atoms with E-state index in [1.165, 1.54) is 12.4 Å².